The van der Waals surface area contributed by atoms with Crippen LogP contribution in [0.2, 0.25) is 0 Å². The van der Waals surface area contributed by atoms with Gasteiger partial charge in [-0.3, -0.25) is 14.4 Å². The van der Waals surface area contributed by atoms with Crippen molar-refractivity contribution in [2.75, 3.05) is 17.6 Å². The van der Waals surface area contributed by atoms with Crippen molar-refractivity contribution in [2.45, 2.75) is 145 Å². The Labute approximate surface area is 307 Å². The van der Waals surface area contributed by atoms with Gasteiger partial charge in [0.25, 0.3) is 0 Å². The second-order valence-corrected chi connectivity index (χ2v) is 19.1. The Morgan fingerprint density at radius 3 is 1.37 bits per heavy atom. The van der Waals surface area contributed by atoms with Crippen molar-refractivity contribution in [2.24, 2.45) is 59.2 Å². The lowest BCUT2D eigenvalue weighted by Crippen LogP contribution is -2.60. The molecule has 0 saturated heterocycles. The van der Waals surface area contributed by atoms with Crippen LogP contribution in [0.4, 0.5) is 0 Å². The monoisotopic (exact) mass is 742 g/mol. The van der Waals surface area contributed by atoms with Crippen molar-refractivity contribution < 1.29 is 33.7 Å². The van der Waals surface area contributed by atoms with Crippen molar-refractivity contribution in [1.29, 1.82) is 0 Å². The molecule has 12 rings (SSSR count). The summed E-state index contributed by atoms with van der Waals surface area (Å²) in [5.41, 5.74) is -1.35. The topological polar surface area (TPSA) is 99.1 Å². The highest BCUT2D eigenvalue weighted by molar-refractivity contribution is 6.27. The molecule has 1 N–H and O–H groups in total. The number of hydrogen-bond acceptors (Lipinski definition) is 7. The zero-order chi connectivity index (χ0) is 34.8. The maximum atomic E-state index is 11.6. The number of rotatable bonds is 7. The zero-order valence-corrected chi connectivity index (χ0v) is 31.7. The fourth-order valence-electron chi connectivity index (χ4n) is 14.1. The second kappa shape index (κ2) is 13.9. The van der Waals surface area contributed by atoms with Crippen molar-refractivity contribution in [3.05, 3.63) is 0 Å². The molecule has 0 aromatic carbocycles. The molecule has 12 bridgehead atoms. The SMILES string of the molecule is CC1(OC(=O)CCl)C2CC3CC(C2)CC1C3.CCC1(OC(=O)CCl)C2CC3CC(C2)CC1C3.O=C(CCl)OC12CC3CC(CC(O)(C3)C1)C2. The van der Waals surface area contributed by atoms with E-state index in [1.165, 1.54) is 70.6 Å². The van der Waals surface area contributed by atoms with Crippen molar-refractivity contribution in [3.8, 4) is 0 Å². The molecule has 12 aliphatic rings. The van der Waals surface area contributed by atoms with E-state index >= 15 is 0 Å². The average Bonchev–Trinajstić information content (AvgIpc) is 3.04. The van der Waals surface area contributed by atoms with E-state index < -0.39 is 11.2 Å². The van der Waals surface area contributed by atoms with Crippen LogP contribution in [0.25, 0.3) is 0 Å². The first kappa shape index (κ1) is 36.6. The molecule has 49 heavy (non-hydrogen) atoms. The van der Waals surface area contributed by atoms with Gasteiger partial charge < -0.3 is 19.3 Å². The smallest absolute Gasteiger partial charge is 0.321 e. The summed E-state index contributed by atoms with van der Waals surface area (Å²) in [5, 5.41) is 10.4. The zero-order valence-electron chi connectivity index (χ0n) is 29.4. The van der Waals surface area contributed by atoms with Gasteiger partial charge in [0.05, 0.1) is 5.60 Å². The second-order valence-electron chi connectivity index (χ2n) is 18.3. The molecular weight excluding hydrogens is 687 g/mol. The number of carbonyl (C=O) groups excluding carboxylic acids is 3. The van der Waals surface area contributed by atoms with Gasteiger partial charge in [-0.25, -0.2) is 0 Å². The summed E-state index contributed by atoms with van der Waals surface area (Å²) in [7, 11) is 0. The lowest BCUT2D eigenvalue weighted by molar-refractivity contribution is -0.218. The van der Waals surface area contributed by atoms with E-state index in [2.05, 4.69) is 13.8 Å². The number of esters is 3. The standard InChI is InChI=1S/C14H21ClO2.C13H19ClO2.C12H17ClO3/c1-2-14(17-13(16)8-15)11-4-9-3-10(6-11)7-12(14)5-9;1-13(16-12(15)7-14)10-3-8-2-9(5-10)6-11(13)4-8;13-6-10(14)16-12-4-8-1-9(5-12)3-11(15,2-8)7-12/h9-12H,2-8H2,1H3;8-11H,2-7H2,1H3;8-9,15H,1-7H2. The Morgan fingerprint density at radius 1 is 0.571 bits per heavy atom. The maximum Gasteiger partial charge on any atom is 0.321 e. The molecule has 7 nitrogen and oxygen atoms in total. The van der Waals surface area contributed by atoms with Gasteiger partial charge in [-0.2, -0.15) is 0 Å². The summed E-state index contributed by atoms with van der Waals surface area (Å²) in [5.74, 6) is 6.20. The van der Waals surface area contributed by atoms with Crippen LogP contribution in [-0.4, -0.2) is 63.1 Å². The van der Waals surface area contributed by atoms with Crippen LogP contribution in [0.3, 0.4) is 0 Å². The van der Waals surface area contributed by atoms with Crippen LogP contribution < -0.4 is 0 Å². The van der Waals surface area contributed by atoms with Crippen LogP contribution in [0.15, 0.2) is 0 Å². The van der Waals surface area contributed by atoms with Gasteiger partial charge in [-0.1, -0.05) is 6.92 Å². The first-order valence-corrected chi connectivity index (χ1v) is 21.0. The third-order valence-electron chi connectivity index (χ3n) is 15.1. The number of aliphatic hydroxyl groups is 1. The molecule has 12 aliphatic carbocycles. The Morgan fingerprint density at radius 2 is 0.959 bits per heavy atom. The van der Waals surface area contributed by atoms with Crippen LogP contribution in [0.5, 0.6) is 0 Å². The molecule has 0 aliphatic heterocycles. The van der Waals surface area contributed by atoms with E-state index in [0.717, 1.165) is 55.8 Å². The minimum absolute atomic E-state index is 0.00591. The third kappa shape index (κ3) is 7.03. The predicted molar refractivity (Wildman–Crippen MR) is 188 cm³/mol. The highest BCUT2D eigenvalue weighted by Gasteiger charge is 2.60. The summed E-state index contributed by atoms with van der Waals surface area (Å²) in [6.45, 7) is 4.31. The van der Waals surface area contributed by atoms with Crippen molar-refractivity contribution >= 4 is 52.7 Å². The van der Waals surface area contributed by atoms with Crippen LogP contribution >= 0.6 is 34.8 Å². The molecule has 12 saturated carbocycles. The van der Waals surface area contributed by atoms with E-state index in [-0.39, 0.29) is 46.8 Å². The molecule has 10 heteroatoms. The molecule has 0 spiro atoms. The summed E-state index contributed by atoms with van der Waals surface area (Å²) >= 11 is 16.7. The molecule has 2 atom stereocenters. The third-order valence-corrected chi connectivity index (χ3v) is 15.8. The molecular formula is C39H57Cl3O7. The summed E-state index contributed by atoms with van der Waals surface area (Å²) in [6.07, 6.45) is 19.4. The Kier molecular flexibility index (Phi) is 10.4. The normalized spacial score (nSPS) is 48.6. The Bertz CT molecular complexity index is 1200. The summed E-state index contributed by atoms with van der Waals surface area (Å²) in [6, 6.07) is 0. The van der Waals surface area contributed by atoms with Gasteiger partial charge in [0.1, 0.15) is 34.4 Å². The molecule has 0 amide bonds. The number of carbonyl (C=O) groups is 3. The van der Waals surface area contributed by atoms with Gasteiger partial charge in [0.2, 0.25) is 0 Å². The predicted octanol–water partition coefficient (Wildman–Crippen LogP) is 8.21. The first-order valence-electron chi connectivity index (χ1n) is 19.4. The highest BCUT2D eigenvalue weighted by Crippen LogP contribution is 2.62. The summed E-state index contributed by atoms with van der Waals surface area (Å²) in [4.78, 5) is 34.4. The van der Waals surface area contributed by atoms with E-state index in [9.17, 15) is 19.5 Å². The lowest BCUT2D eigenvalue weighted by Gasteiger charge is -2.60. The summed E-state index contributed by atoms with van der Waals surface area (Å²) < 4.78 is 17.1. The number of alkyl halides is 3. The van der Waals surface area contributed by atoms with Crippen molar-refractivity contribution in [3.63, 3.8) is 0 Å². The Hall–Kier alpha value is -0.760. The molecule has 0 aromatic rings. The first-order chi connectivity index (χ1) is 23.3. The highest BCUT2D eigenvalue weighted by atomic mass is 35.5. The van der Waals surface area contributed by atoms with Gasteiger partial charge in [-0.05, 0) is 169 Å². The van der Waals surface area contributed by atoms with Crippen LogP contribution in [-0.2, 0) is 28.6 Å². The maximum absolute atomic E-state index is 11.6. The van der Waals surface area contributed by atoms with Gasteiger partial charge in [-0.15, -0.1) is 34.8 Å². The minimum atomic E-state index is -0.573. The molecule has 0 heterocycles. The van der Waals surface area contributed by atoms with Gasteiger partial charge in [0.15, 0.2) is 0 Å². The van der Waals surface area contributed by atoms with Gasteiger partial charge in [0, 0.05) is 6.42 Å². The fourth-order valence-corrected chi connectivity index (χ4v) is 14.3. The Balaban J connectivity index is 0.000000116. The molecule has 0 radical (unpaired) electrons. The quantitative estimate of drug-likeness (QED) is 0.160. The van der Waals surface area contributed by atoms with E-state index in [4.69, 9.17) is 49.0 Å². The molecule has 0 aromatic heterocycles. The molecule has 12 fully saturated rings. The van der Waals surface area contributed by atoms with Crippen LogP contribution in [0.1, 0.15) is 123 Å². The molecule has 276 valence electrons. The van der Waals surface area contributed by atoms with E-state index in [0.29, 0.717) is 41.9 Å². The average molecular weight is 744 g/mol. The van der Waals surface area contributed by atoms with Gasteiger partial charge >= 0.3 is 17.9 Å². The van der Waals surface area contributed by atoms with Crippen molar-refractivity contribution in [1.82, 2.24) is 0 Å². The molecule has 2 unspecified atom stereocenters. The minimum Gasteiger partial charge on any atom is -0.458 e. The van der Waals surface area contributed by atoms with E-state index in [1.54, 1.807) is 0 Å². The number of halogens is 3. The largest absolute Gasteiger partial charge is 0.458 e. The lowest BCUT2D eigenvalue weighted by atomic mass is 9.49. The van der Waals surface area contributed by atoms with Crippen LogP contribution in [0, 0.1) is 59.2 Å². The van der Waals surface area contributed by atoms with E-state index in [1.807, 2.05) is 0 Å². The number of ether oxygens (including phenoxy) is 3. The fraction of sp³-hybridized carbons (Fsp3) is 0.923. The number of hydrogen-bond donors (Lipinski definition) is 1.